The molecule has 0 saturated heterocycles. The van der Waals surface area contributed by atoms with Gasteiger partial charge in [-0.2, -0.15) is 5.26 Å². The van der Waals surface area contributed by atoms with Gasteiger partial charge in [-0.1, -0.05) is 0 Å². The molecule has 0 amide bonds. The molecule has 1 aromatic carbocycles. The highest BCUT2D eigenvalue weighted by atomic mass is 32.2. The van der Waals surface area contributed by atoms with E-state index in [1.54, 1.807) is 6.07 Å². The van der Waals surface area contributed by atoms with Crippen LogP contribution in [0.2, 0.25) is 0 Å². The number of nitrogens with zero attached hydrogens (tertiary/aromatic N) is 1. The third kappa shape index (κ3) is 1.89. The first-order chi connectivity index (χ1) is 6.51. The predicted molar refractivity (Wildman–Crippen MR) is 47.4 cm³/mol. The Hall–Kier alpha value is -1.45. The first-order valence-corrected chi connectivity index (χ1v) is 5.13. The third-order valence-corrected chi connectivity index (χ3v) is 3.07. The number of hydrogen-bond donors (Lipinski definition) is 1. The number of rotatable bonds is 2. The monoisotopic (exact) mass is 214 g/mol. The highest BCUT2D eigenvalue weighted by Crippen LogP contribution is 2.14. The van der Waals surface area contributed by atoms with Gasteiger partial charge in [-0.25, -0.2) is 17.5 Å². The minimum atomic E-state index is -3.79. The molecule has 0 atom stereocenters. The van der Waals surface area contributed by atoms with Crippen LogP contribution in [0.15, 0.2) is 23.1 Å². The van der Waals surface area contributed by atoms with E-state index in [9.17, 15) is 12.8 Å². The van der Waals surface area contributed by atoms with E-state index in [1.807, 2.05) is 4.72 Å². The topological polar surface area (TPSA) is 70.0 Å². The fourth-order valence-corrected chi connectivity index (χ4v) is 1.68. The predicted octanol–water partition coefficient (Wildman–Crippen LogP) is 0.605. The molecule has 0 saturated carbocycles. The van der Waals surface area contributed by atoms with Gasteiger partial charge in [0.05, 0.1) is 11.6 Å². The summed E-state index contributed by atoms with van der Waals surface area (Å²) in [4.78, 5) is -0.459. The van der Waals surface area contributed by atoms with Crippen molar-refractivity contribution in [1.82, 2.24) is 4.72 Å². The molecule has 0 spiro atoms. The van der Waals surface area contributed by atoms with Crippen LogP contribution < -0.4 is 4.72 Å². The van der Waals surface area contributed by atoms with Crippen molar-refractivity contribution in [2.45, 2.75) is 4.90 Å². The Bertz CT molecular complexity index is 491. The van der Waals surface area contributed by atoms with Gasteiger partial charge in [0.1, 0.15) is 10.7 Å². The summed E-state index contributed by atoms with van der Waals surface area (Å²) in [7, 11) is -2.60. The summed E-state index contributed by atoms with van der Waals surface area (Å²) in [5, 5.41) is 8.43. The van der Waals surface area contributed by atoms with Crippen LogP contribution >= 0.6 is 0 Å². The van der Waals surface area contributed by atoms with Gasteiger partial charge < -0.3 is 0 Å². The molecule has 0 fully saturated rings. The van der Waals surface area contributed by atoms with Gasteiger partial charge >= 0.3 is 0 Å². The van der Waals surface area contributed by atoms with Crippen LogP contribution in [0.1, 0.15) is 5.56 Å². The van der Waals surface area contributed by atoms with Gasteiger partial charge in [0.2, 0.25) is 10.0 Å². The Morgan fingerprint density at radius 2 is 2.14 bits per heavy atom. The summed E-state index contributed by atoms with van der Waals surface area (Å²) in [5.74, 6) is -0.932. The number of sulfonamides is 1. The van der Waals surface area contributed by atoms with E-state index in [1.165, 1.54) is 13.1 Å². The molecule has 0 unspecified atom stereocenters. The Balaban J connectivity index is 3.35. The highest BCUT2D eigenvalue weighted by Gasteiger charge is 2.16. The van der Waals surface area contributed by atoms with E-state index in [-0.39, 0.29) is 5.56 Å². The van der Waals surface area contributed by atoms with Gasteiger partial charge in [-0.15, -0.1) is 0 Å². The lowest BCUT2D eigenvalue weighted by Gasteiger charge is -2.03. The zero-order chi connectivity index (χ0) is 10.8. The number of halogens is 1. The standard InChI is InChI=1S/C8H7FN2O2S/c1-11-14(12,13)8-3-2-6(5-10)4-7(8)9/h2-4,11H,1H3. The molecule has 1 aromatic rings. The number of benzene rings is 1. The molecule has 1 N–H and O–H groups in total. The number of nitrogens with one attached hydrogen (secondary N) is 1. The van der Waals surface area contributed by atoms with Crippen LogP contribution in [0.5, 0.6) is 0 Å². The second-order valence-corrected chi connectivity index (χ2v) is 4.32. The van der Waals surface area contributed by atoms with Crippen LogP contribution in [0.3, 0.4) is 0 Å². The van der Waals surface area contributed by atoms with Crippen molar-refractivity contribution in [3.63, 3.8) is 0 Å². The molecular weight excluding hydrogens is 207 g/mol. The molecule has 0 aromatic heterocycles. The molecule has 0 aliphatic heterocycles. The summed E-state index contributed by atoms with van der Waals surface area (Å²) in [6, 6.07) is 4.89. The van der Waals surface area contributed by atoms with E-state index in [4.69, 9.17) is 5.26 Å². The summed E-state index contributed by atoms with van der Waals surface area (Å²) >= 11 is 0. The van der Waals surface area contributed by atoms with Gasteiger partial charge in [-0.3, -0.25) is 0 Å². The largest absolute Gasteiger partial charge is 0.243 e. The molecule has 0 aliphatic rings. The molecular formula is C8H7FN2O2S. The fraction of sp³-hybridized carbons (Fsp3) is 0.125. The van der Waals surface area contributed by atoms with Crippen molar-refractivity contribution in [1.29, 1.82) is 5.26 Å². The van der Waals surface area contributed by atoms with Gasteiger partial charge in [0.15, 0.2) is 0 Å². The summed E-state index contributed by atoms with van der Waals surface area (Å²) in [5.41, 5.74) is 0.0811. The van der Waals surface area contributed by atoms with Crippen LogP contribution in [0.25, 0.3) is 0 Å². The molecule has 0 bridgehead atoms. The van der Waals surface area contributed by atoms with Crippen molar-refractivity contribution >= 4 is 10.0 Å². The molecule has 0 radical (unpaired) electrons. The quantitative estimate of drug-likeness (QED) is 0.783. The second kappa shape index (κ2) is 3.74. The molecule has 14 heavy (non-hydrogen) atoms. The Morgan fingerprint density at radius 3 is 2.57 bits per heavy atom. The maximum atomic E-state index is 13.1. The molecule has 74 valence electrons. The molecule has 6 heteroatoms. The SMILES string of the molecule is CNS(=O)(=O)c1ccc(C#N)cc1F. The first kappa shape index (κ1) is 10.6. The lowest BCUT2D eigenvalue weighted by Crippen LogP contribution is -2.19. The van der Waals surface area contributed by atoms with Crippen molar-refractivity contribution < 1.29 is 12.8 Å². The minimum Gasteiger partial charge on any atom is -0.214 e. The van der Waals surface area contributed by atoms with Crippen molar-refractivity contribution in [2.75, 3.05) is 7.05 Å². The Morgan fingerprint density at radius 1 is 1.50 bits per heavy atom. The summed E-state index contributed by atoms with van der Waals surface area (Å²) < 4.78 is 37.5. The van der Waals surface area contributed by atoms with E-state index < -0.39 is 20.7 Å². The number of nitriles is 1. The Kier molecular flexibility index (Phi) is 2.84. The van der Waals surface area contributed by atoms with E-state index in [2.05, 4.69) is 0 Å². The van der Waals surface area contributed by atoms with Crippen LogP contribution in [-0.2, 0) is 10.0 Å². The highest BCUT2D eigenvalue weighted by molar-refractivity contribution is 7.89. The van der Waals surface area contributed by atoms with E-state index in [0.717, 1.165) is 12.1 Å². The van der Waals surface area contributed by atoms with Crippen LogP contribution in [0.4, 0.5) is 4.39 Å². The molecule has 0 heterocycles. The zero-order valence-corrected chi connectivity index (χ0v) is 8.10. The van der Waals surface area contributed by atoms with Crippen molar-refractivity contribution in [3.05, 3.63) is 29.6 Å². The summed E-state index contributed by atoms with van der Waals surface area (Å²) in [6.45, 7) is 0. The molecule has 0 aliphatic carbocycles. The van der Waals surface area contributed by atoms with Gasteiger partial charge in [0, 0.05) is 0 Å². The molecule has 1 rings (SSSR count). The maximum Gasteiger partial charge on any atom is 0.243 e. The van der Waals surface area contributed by atoms with Gasteiger partial charge in [-0.05, 0) is 25.2 Å². The summed E-state index contributed by atoms with van der Waals surface area (Å²) in [6.07, 6.45) is 0. The maximum absolute atomic E-state index is 13.1. The van der Waals surface area contributed by atoms with Crippen molar-refractivity contribution in [3.8, 4) is 6.07 Å². The number of hydrogen-bond acceptors (Lipinski definition) is 3. The zero-order valence-electron chi connectivity index (χ0n) is 7.28. The normalized spacial score (nSPS) is 10.9. The van der Waals surface area contributed by atoms with Gasteiger partial charge in [0.25, 0.3) is 0 Å². The first-order valence-electron chi connectivity index (χ1n) is 3.64. The van der Waals surface area contributed by atoms with Crippen molar-refractivity contribution in [2.24, 2.45) is 0 Å². The minimum absolute atomic E-state index is 0.0811. The molecule has 4 nitrogen and oxygen atoms in total. The lowest BCUT2D eigenvalue weighted by molar-refractivity contribution is 0.561. The van der Waals surface area contributed by atoms with E-state index in [0.29, 0.717) is 0 Å². The second-order valence-electron chi connectivity index (χ2n) is 2.46. The van der Waals surface area contributed by atoms with Crippen LogP contribution in [0, 0.1) is 17.1 Å². The average molecular weight is 214 g/mol. The average Bonchev–Trinajstić information content (AvgIpc) is 2.17. The van der Waals surface area contributed by atoms with Crippen LogP contribution in [-0.4, -0.2) is 15.5 Å². The smallest absolute Gasteiger partial charge is 0.214 e. The fourth-order valence-electron chi connectivity index (χ4n) is 0.898. The Labute approximate surface area is 81.0 Å². The van der Waals surface area contributed by atoms with E-state index >= 15 is 0 Å². The lowest BCUT2D eigenvalue weighted by atomic mass is 10.2. The third-order valence-electron chi connectivity index (χ3n) is 1.62.